The zero-order valence-electron chi connectivity index (χ0n) is 11.8. The van der Waals surface area contributed by atoms with Crippen LogP contribution < -0.4 is 9.46 Å². The molecule has 0 spiro atoms. The maximum absolute atomic E-state index is 12.2. The Kier molecular flexibility index (Phi) is 4.98. The lowest BCUT2D eigenvalue weighted by atomic mass is 10.1. The summed E-state index contributed by atoms with van der Waals surface area (Å²) >= 11 is 0. The fourth-order valence-corrected chi connectivity index (χ4v) is 3.48. The van der Waals surface area contributed by atoms with Crippen LogP contribution in [-0.4, -0.2) is 33.5 Å². The van der Waals surface area contributed by atoms with Gasteiger partial charge in [-0.1, -0.05) is 0 Å². The molecule has 0 amide bonds. The van der Waals surface area contributed by atoms with Crippen LogP contribution in [0.3, 0.4) is 0 Å². The van der Waals surface area contributed by atoms with Gasteiger partial charge < -0.3 is 9.47 Å². The van der Waals surface area contributed by atoms with Gasteiger partial charge in [0.1, 0.15) is 5.75 Å². The third kappa shape index (κ3) is 4.59. The number of hydrogen-bond acceptors (Lipinski definition) is 4. The summed E-state index contributed by atoms with van der Waals surface area (Å²) in [4.78, 5) is -0.133. The van der Waals surface area contributed by atoms with E-state index in [9.17, 15) is 21.6 Å². The molecule has 1 heterocycles. The second-order valence-corrected chi connectivity index (χ2v) is 6.69. The zero-order valence-corrected chi connectivity index (χ0v) is 12.6. The number of ether oxygens (including phenoxy) is 2. The summed E-state index contributed by atoms with van der Waals surface area (Å²) in [6, 6.07) is 3.62. The Labute approximate surface area is 126 Å². The minimum Gasteiger partial charge on any atom is -0.406 e. The molecule has 1 aromatic rings. The van der Waals surface area contributed by atoms with E-state index in [2.05, 4.69) is 9.46 Å². The van der Waals surface area contributed by atoms with Crippen molar-refractivity contribution in [2.24, 2.45) is 0 Å². The molecule has 0 unspecified atom stereocenters. The molecule has 0 saturated carbocycles. The van der Waals surface area contributed by atoms with E-state index in [0.29, 0.717) is 6.61 Å². The van der Waals surface area contributed by atoms with Gasteiger partial charge >= 0.3 is 6.36 Å². The number of hydrogen-bond donors (Lipinski definition) is 1. The molecular formula is C13H16F3NO4S. The summed E-state index contributed by atoms with van der Waals surface area (Å²) in [5, 5.41) is 0. The standard InChI is InChI=1S/C13H16F3NO4S/c1-9(12-3-2-8-20-12)17-22(18,19)11-6-4-10(5-7-11)21-13(14,15)16/h4-7,9,12,17H,2-3,8H2,1H3/t9-,12-/m1/s1. The van der Waals surface area contributed by atoms with E-state index in [-0.39, 0.29) is 11.0 Å². The van der Waals surface area contributed by atoms with Crippen molar-refractivity contribution in [1.29, 1.82) is 0 Å². The highest BCUT2D eigenvalue weighted by molar-refractivity contribution is 7.89. The molecule has 1 aliphatic heterocycles. The van der Waals surface area contributed by atoms with Crippen LogP contribution in [-0.2, 0) is 14.8 Å². The summed E-state index contributed by atoms with van der Waals surface area (Å²) < 4.78 is 72.1. The van der Waals surface area contributed by atoms with Gasteiger partial charge in [0, 0.05) is 12.6 Å². The molecule has 9 heteroatoms. The van der Waals surface area contributed by atoms with Gasteiger partial charge in [0.15, 0.2) is 0 Å². The third-order valence-electron chi connectivity index (χ3n) is 3.23. The predicted molar refractivity (Wildman–Crippen MR) is 71.9 cm³/mol. The number of halogens is 3. The van der Waals surface area contributed by atoms with Crippen molar-refractivity contribution < 1.29 is 31.1 Å². The predicted octanol–water partition coefficient (Wildman–Crippen LogP) is 2.43. The van der Waals surface area contributed by atoms with Crippen LogP contribution >= 0.6 is 0 Å². The summed E-state index contributed by atoms with van der Waals surface area (Å²) in [6.45, 7) is 2.29. The van der Waals surface area contributed by atoms with Crippen LogP contribution in [0.1, 0.15) is 19.8 Å². The van der Waals surface area contributed by atoms with Gasteiger partial charge in [0.05, 0.1) is 11.0 Å². The van der Waals surface area contributed by atoms with Crippen LogP contribution in [0.25, 0.3) is 0 Å². The molecule has 2 rings (SSSR count). The van der Waals surface area contributed by atoms with Gasteiger partial charge in [0.2, 0.25) is 10.0 Å². The molecule has 1 fully saturated rings. The molecule has 0 aliphatic carbocycles. The molecule has 124 valence electrons. The first-order valence-corrected chi connectivity index (χ1v) is 8.15. The van der Waals surface area contributed by atoms with Gasteiger partial charge in [-0.15, -0.1) is 13.2 Å². The van der Waals surface area contributed by atoms with Gasteiger partial charge in [-0.3, -0.25) is 0 Å². The first kappa shape index (κ1) is 17.0. The van der Waals surface area contributed by atoms with Crippen LogP contribution in [0.4, 0.5) is 13.2 Å². The van der Waals surface area contributed by atoms with E-state index in [1.807, 2.05) is 0 Å². The quantitative estimate of drug-likeness (QED) is 0.895. The molecule has 2 atom stereocenters. The number of alkyl halides is 3. The van der Waals surface area contributed by atoms with E-state index in [1.165, 1.54) is 0 Å². The molecule has 5 nitrogen and oxygen atoms in total. The Morgan fingerprint density at radius 1 is 1.32 bits per heavy atom. The molecule has 1 aliphatic rings. The van der Waals surface area contributed by atoms with Crippen LogP contribution in [0, 0.1) is 0 Å². The largest absolute Gasteiger partial charge is 0.573 e. The van der Waals surface area contributed by atoms with Crippen molar-refractivity contribution >= 4 is 10.0 Å². The molecule has 1 saturated heterocycles. The normalized spacial score (nSPS) is 20.8. The van der Waals surface area contributed by atoms with Crippen LogP contribution in [0.15, 0.2) is 29.2 Å². The average molecular weight is 339 g/mol. The van der Waals surface area contributed by atoms with E-state index in [1.54, 1.807) is 6.92 Å². The topological polar surface area (TPSA) is 64.6 Å². The Bertz CT molecular complexity index is 595. The molecule has 0 radical (unpaired) electrons. The van der Waals surface area contributed by atoms with Crippen LogP contribution in [0.5, 0.6) is 5.75 Å². The Balaban J connectivity index is 2.05. The third-order valence-corrected chi connectivity index (χ3v) is 4.81. The highest BCUT2D eigenvalue weighted by atomic mass is 32.2. The van der Waals surface area contributed by atoms with E-state index < -0.39 is 28.2 Å². The summed E-state index contributed by atoms with van der Waals surface area (Å²) in [5.74, 6) is -0.473. The SMILES string of the molecule is C[C@@H](NS(=O)(=O)c1ccc(OC(F)(F)F)cc1)[C@H]1CCCO1. The number of rotatable bonds is 5. The van der Waals surface area contributed by atoms with Crippen molar-refractivity contribution in [2.75, 3.05) is 6.61 Å². The van der Waals surface area contributed by atoms with Gasteiger partial charge in [-0.2, -0.15) is 0 Å². The first-order chi connectivity index (χ1) is 10.2. The van der Waals surface area contributed by atoms with Crippen molar-refractivity contribution in [2.45, 2.75) is 43.2 Å². The molecular weight excluding hydrogens is 323 g/mol. The lowest BCUT2D eigenvalue weighted by Gasteiger charge is -2.20. The van der Waals surface area contributed by atoms with E-state index in [0.717, 1.165) is 37.1 Å². The van der Waals surface area contributed by atoms with E-state index >= 15 is 0 Å². The number of sulfonamides is 1. The van der Waals surface area contributed by atoms with Gasteiger partial charge in [-0.25, -0.2) is 13.1 Å². The van der Waals surface area contributed by atoms with Crippen LogP contribution in [0.2, 0.25) is 0 Å². The maximum Gasteiger partial charge on any atom is 0.573 e. The lowest BCUT2D eigenvalue weighted by molar-refractivity contribution is -0.274. The highest BCUT2D eigenvalue weighted by Crippen LogP contribution is 2.24. The Hall–Kier alpha value is -1.32. The zero-order chi connectivity index (χ0) is 16.4. The average Bonchev–Trinajstić information content (AvgIpc) is 2.90. The Morgan fingerprint density at radius 2 is 1.95 bits per heavy atom. The second-order valence-electron chi connectivity index (χ2n) is 4.98. The molecule has 0 bridgehead atoms. The van der Waals surface area contributed by atoms with Gasteiger partial charge in [-0.05, 0) is 44.0 Å². The lowest BCUT2D eigenvalue weighted by Crippen LogP contribution is -2.40. The minimum absolute atomic E-state index is 0.133. The number of nitrogens with one attached hydrogen (secondary N) is 1. The first-order valence-electron chi connectivity index (χ1n) is 6.67. The summed E-state index contributed by atoms with van der Waals surface area (Å²) in [5.41, 5.74) is 0. The molecule has 1 aromatic carbocycles. The summed E-state index contributed by atoms with van der Waals surface area (Å²) in [6.07, 6.45) is -3.36. The fraction of sp³-hybridized carbons (Fsp3) is 0.538. The monoisotopic (exact) mass is 339 g/mol. The van der Waals surface area contributed by atoms with Gasteiger partial charge in [0.25, 0.3) is 0 Å². The smallest absolute Gasteiger partial charge is 0.406 e. The molecule has 1 N–H and O–H groups in total. The fourth-order valence-electron chi connectivity index (χ4n) is 2.21. The maximum atomic E-state index is 12.2. The number of benzene rings is 1. The van der Waals surface area contributed by atoms with Crippen molar-refractivity contribution in [3.05, 3.63) is 24.3 Å². The van der Waals surface area contributed by atoms with E-state index in [4.69, 9.17) is 4.74 Å². The van der Waals surface area contributed by atoms with Crippen molar-refractivity contribution in [3.8, 4) is 5.75 Å². The second kappa shape index (κ2) is 6.43. The minimum atomic E-state index is -4.81. The summed E-state index contributed by atoms with van der Waals surface area (Å²) in [7, 11) is -3.82. The van der Waals surface area contributed by atoms with Crippen molar-refractivity contribution in [3.63, 3.8) is 0 Å². The highest BCUT2D eigenvalue weighted by Gasteiger charge is 2.31. The van der Waals surface area contributed by atoms with Crippen molar-refractivity contribution in [1.82, 2.24) is 4.72 Å². The Morgan fingerprint density at radius 3 is 2.45 bits per heavy atom. The molecule has 0 aromatic heterocycles. The molecule has 22 heavy (non-hydrogen) atoms.